The molecule has 1 fully saturated rings. The number of aromatic nitrogens is 2. The molecule has 24 heavy (non-hydrogen) atoms. The second-order valence-corrected chi connectivity index (χ2v) is 5.44. The van der Waals surface area contributed by atoms with Gasteiger partial charge in [-0.1, -0.05) is 18.2 Å². The first-order valence-corrected chi connectivity index (χ1v) is 7.02. The fourth-order valence-corrected chi connectivity index (χ4v) is 2.79. The first-order chi connectivity index (χ1) is 10.4. The van der Waals surface area contributed by atoms with Gasteiger partial charge in [0.2, 0.25) is 0 Å². The van der Waals surface area contributed by atoms with Gasteiger partial charge in [0.1, 0.15) is 5.82 Å². The SMILES string of the molecule is Cl.Cl.O[C@H]1CNC[C@H]1n1ccnc1-c1cccc(CC(F)(F)F)c1. The molecule has 9 heteroatoms. The Balaban J connectivity index is 0.00000144. The molecule has 134 valence electrons. The quantitative estimate of drug-likeness (QED) is 0.856. The number of alkyl halides is 3. The van der Waals surface area contributed by atoms with Gasteiger partial charge in [0.25, 0.3) is 0 Å². The van der Waals surface area contributed by atoms with E-state index in [9.17, 15) is 18.3 Å². The molecule has 0 bridgehead atoms. The van der Waals surface area contributed by atoms with E-state index in [1.807, 2.05) is 4.57 Å². The van der Waals surface area contributed by atoms with Gasteiger partial charge in [-0.2, -0.15) is 13.2 Å². The van der Waals surface area contributed by atoms with E-state index in [0.29, 0.717) is 24.5 Å². The second-order valence-electron chi connectivity index (χ2n) is 5.44. The number of halogens is 5. The minimum atomic E-state index is -4.24. The molecular formula is C15H18Cl2F3N3O. The summed E-state index contributed by atoms with van der Waals surface area (Å²) in [6, 6.07) is 6.12. The van der Waals surface area contributed by atoms with Crippen molar-refractivity contribution < 1.29 is 18.3 Å². The van der Waals surface area contributed by atoms with Crippen LogP contribution in [0.4, 0.5) is 13.2 Å². The zero-order chi connectivity index (χ0) is 15.7. The lowest BCUT2D eigenvalue weighted by molar-refractivity contribution is -0.127. The molecule has 0 spiro atoms. The molecule has 4 nitrogen and oxygen atoms in total. The minimum Gasteiger partial charge on any atom is -0.390 e. The monoisotopic (exact) mass is 383 g/mol. The van der Waals surface area contributed by atoms with Crippen LogP contribution in [0.1, 0.15) is 11.6 Å². The highest BCUT2D eigenvalue weighted by molar-refractivity contribution is 5.85. The lowest BCUT2D eigenvalue weighted by atomic mass is 10.1. The average molecular weight is 384 g/mol. The molecule has 0 aliphatic carbocycles. The first-order valence-electron chi connectivity index (χ1n) is 7.02. The average Bonchev–Trinajstić information content (AvgIpc) is 3.05. The van der Waals surface area contributed by atoms with Crippen molar-refractivity contribution >= 4 is 24.8 Å². The smallest absolute Gasteiger partial charge is 0.390 e. The van der Waals surface area contributed by atoms with Crippen LogP contribution in [0.3, 0.4) is 0 Å². The molecule has 1 aliphatic rings. The highest BCUT2D eigenvalue weighted by atomic mass is 35.5. The third kappa shape index (κ3) is 4.63. The molecule has 1 aliphatic heterocycles. The topological polar surface area (TPSA) is 50.1 Å². The number of rotatable bonds is 3. The van der Waals surface area contributed by atoms with E-state index < -0.39 is 18.7 Å². The van der Waals surface area contributed by atoms with E-state index in [1.165, 1.54) is 12.1 Å². The largest absolute Gasteiger partial charge is 0.393 e. The van der Waals surface area contributed by atoms with Crippen LogP contribution < -0.4 is 5.32 Å². The molecule has 3 rings (SSSR count). The number of nitrogens with zero attached hydrogens (tertiary/aromatic N) is 2. The fourth-order valence-electron chi connectivity index (χ4n) is 2.79. The minimum absolute atomic E-state index is 0. The fraction of sp³-hybridized carbons (Fsp3) is 0.400. The normalized spacial score (nSPS) is 20.3. The van der Waals surface area contributed by atoms with Gasteiger partial charge in [-0.05, 0) is 11.6 Å². The number of hydrogen-bond donors (Lipinski definition) is 2. The number of imidazole rings is 1. The molecule has 1 aromatic heterocycles. The summed E-state index contributed by atoms with van der Waals surface area (Å²) < 4.78 is 39.4. The van der Waals surface area contributed by atoms with E-state index in [1.54, 1.807) is 24.5 Å². The van der Waals surface area contributed by atoms with Gasteiger partial charge in [0.15, 0.2) is 0 Å². The maximum Gasteiger partial charge on any atom is 0.393 e. The van der Waals surface area contributed by atoms with Crippen LogP contribution in [0.5, 0.6) is 0 Å². The van der Waals surface area contributed by atoms with Crippen LogP contribution in [-0.4, -0.2) is 40.0 Å². The molecule has 2 N–H and O–H groups in total. The third-order valence-electron chi connectivity index (χ3n) is 3.77. The standard InChI is InChI=1S/C15H16F3N3O.2ClH/c16-15(17,18)7-10-2-1-3-11(6-10)14-20-4-5-21(14)12-8-19-9-13(12)22;;/h1-6,12-13,19,22H,7-9H2;2*1H/t12-,13+;;/m1../s1. The van der Waals surface area contributed by atoms with Crippen molar-refractivity contribution in [3.05, 3.63) is 42.2 Å². The second kappa shape index (κ2) is 8.20. The summed E-state index contributed by atoms with van der Waals surface area (Å²) in [6.07, 6.45) is -2.40. The van der Waals surface area contributed by atoms with E-state index >= 15 is 0 Å². The summed E-state index contributed by atoms with van der Waals surface area (Å²) in [6.45, 7) is 1.10. The van der Waals surface area contributed by atoms with Gasteiger partial charge in [0.05, 0.1) is 18.6 Å². The zero-order valence-electron chi connectivity index (χ0n) is 12.5. The third-order valence-corrected chi connectivity index (χ3v) is 3.77. The number of aliphatic hydroxyl groups excluding tert-OH is 1. The Hall–Kier alpha value is -1.28. The van der Waals surface area contributed by atoms with Crippen LogP contribution in [0.25, 0.3) is 11.4 Å². The molecule has 0 unspecified atom stereocenters. The van der Waals surface area contributed by atoms with Gasteiger partial charge >= 0.3 is 6.18 Å². The van der Waals surface area contributed by atoms with Gasteiger partial charge in [-0.15, -0.1) is 24.8 Å². The summed E-state index contributed by atoms with van der Waals surface area (Å²) in [5.41, 5.74) is 0.815. The first kappa shape index (κ1) is 20.8. The molecule has 2 heterocycles. The number of benzene rings is 1. The Bertz CT molecular complexity index is 663. The Kier molecular flexibility index (Phi) is 7.10. The number of nitrogens with one attached hydrogen (secondary N) is 1. The summed E-state index contributed by atoms with van der Waals surface area (Å²) in [5, 5.41) is 13.1. The molecule has 2 aromatic rings. The van der Waals surface area contributed by atoms with Crippen LogP contribution in [-0.2, 0) is 6.42 Å². The Morgan fingerprint density at radius 1 is 1.25 bits per heavy atom. The van der Waals surface area contributed by atoms with Crippen LogP contribution in [0.2, 0.25) is 0 Å². The molecule has 0 radical (unpaired) electrons. The van der Waals surface area contributed by atoms with E-state index in [4.69, 9.17) is 0 Å². The van der Waals surface area contributed by atoms with Crippen molar-refractivity contribution in [2.24, 2.45) is 0 Å². The van der Waals surface area contributed by atoms with Crippen LogP contribution in [0.15, 0.2) is 36.7 Å². The van der Waals surface area contributed by atoms with E-state index in [-0.39, 0.29) is 36.4 Å². The lowest BCUT2D eigenvalue weighted by Crippen LogP contribution is -2.22. The Morgan fingerprint density at radius 3 is 2.62 bits per heavy atom. The van der Waals surface area contributed by atoms with Gasteiger partial charge < -0.3 is 15.0 Å². The molecule has 2 atom stereocenters. The van der Waals surface area contributed by atoms with Crippen molar-refractivity contribution in [3.8, 4) is 11.4 Å². The maximum absolute atomic E-state index is 12.5. The summed E-state index contributed by atoms with van der Waals surface area (Å²) in [7, 11) is 0. The van der Waals surface area contributed by atoms with Gasteiger partial charge in [-0.25, -0.2) is 4.98 Å². The Morgan fingerprint density at radius 2 is 2.00 bits per heavy atom. The van der Waals surface area contributed by atoms with Crippen molar-refractivity contribution in [1.29, 1.82) is 0 Å². The highest BCUT2D eigenvalue weighted by Crippen LogP contribution is 2.27. The van der Waals surface area contributed by atoms with E-state index in [2.05, 4.69) is 10.3 Å². The molecule has 1 aromatic carbocycles. The zero-order valence-corrected chi connectivity index (χ0v) is 14.2. The highest BCUT2D eigenvalue weighted by Gasteiger charge is 2.29. The van der Waals surface area contributed by atoms with Crippen molar-refractivity contribution in [2.75, 3.05) is 13.1 Å². The van der Waals surface area contributed by atoms with Crippen LogP contribution >= 0.6 is 24.8 Å². The lowest BCUT2D eigenvalue weighted by Gasteiger charge is -2.18. The van der Waals surface area contributed by atoms with Gasteiger partial charge in [-0.3, -0.25) is 0 Å². The summed E-state index contributed by atoms with van der Waals surface area (Å²) in [4.78, 5) is 4.25. The predicted molar refractivity (Wildman–Crippen MR) is 89.8 cm³/mol. The molecule has 0 saturated carbocycles. The van der Waals surface area contributed by atoms with E-state index in [0.717, 1.165) is 0 Å². The predicted octanol–water partition coefficient (Wildman–Crippen LogP) is 3.00. The maximum atomic E-state index is 12.5. The van der Waals surface area contributed by atoms with Crippen molar-refractivity contribution in [3.63, 3.8) is 0 Å². The molecular weight excluding hydrogens is 366 g/mol. The summed E-state index contributed by atoms with van der Waals surface area (Å²) >= 11 is 0. The number of hydrogen-bond acceptors (Lipinski definition) is 3. The van der Waals surface area contributed by atoms with Crippen molar-refractivity contribution in [1.82, 2.24) is 14.9 Å². The summed E-state index contributed by atoms with van der Waals surface area (Å²) in [5.74, 6) is 0.566. The van der Waals surface area contributed by atoms with Crippen LogP contribution in [0, 0.1) is 0 Å². The number of aliphatic hydroxyl groups is 1. The molecule has 0 amide bonds. The molecule has 1 saturated heterocycles. The Labute approximate surface area is 149 Å². The van der Waals surface area contributed by atoms with Crippen molar-refractivity contribution in [2.45, 2.75) is 24.7 Å². The van der Waals surface area contributed by atoms with Gasteiger partial charge in [0, 0.05) is 31.0 Å². The number of β-amino-alcohol motifs (C(OH)–C–C–N with tert-alkyl or cyclic N) is 1.